The standard InChI is InChI=1S/C20H15FN2O/c21-14-7-5-13(6-8-14)12-22-15-9-10-17-19(11-15)23-18-4-2-1-3-16(18)20(17)24/h1-8,10-11,22H,9,12H2. The molecule has 24 heavy (non-hydrogen) atoms. The second-order valence-electron chi connectivity index (χ2n) is 5.81. The largest absolute Gasteiger partial charge is 0.384 e. The summed E-state index contributed by atoms with van der Waals surface area (Å²) >= 11 is 0. The third kappa shape index (κ3) is 2.67. The summed E-state index contributed by atoms with van der Waals surface area (Å²) in [5.41, 5.74) is 4.73. The lowest BCUT2D eigenvalue weighted by Crippen LogP contribution is -2.23. The molecule has 118 valence electrons. The maximum Gasteiger partial charge on any atom is 0.197 e. The molecule has 0 unspecified atom stereocenters. The number of para-hydroxylation sites is 1. The highest BCUT2D eigenvalue weighted by atomic mass is 19.1. The molecule has 0 bridgehead atoms. The lowest BCUT2D eigenvalue weighted by atomic mass is 9.90. The van der Waals surface area contributed by atoms with Gasteiger partial charge in [-0.25, -0.2) is 9.38 Å². The molecule has 0 saturated carbocycles. The Morgan fingerprint density at radius 3 is 2.71 bits per heavy atom. The number of ketones is 1. The second kappa shape index (κ2) is 5.89. The molecular weight excluding hydrogens is 303 g/mol. The molecule has 1 aliphatic carbocycles. The molecule has 1 heterocycles. The van der Waals surface area contributed by atoms with E-state index in [0.717, 1.165) is 11.3 Å². The molecule has 1 N–H and O–H groups in total. The summed E-state index contributed by atoms with van der Waals surface area (Å²) in [6.07, 6.45) is 4.50. The highest BCUT2D eigenvalue weighted by Crippen LogP contribution is 2.31. The van der Waals surface area contributed by atoms with E-state index < -0.39 is 0 Å². The van der Waals surface area contributed by atoms with Gasteiger partial charge in [0.05, 0.1) is 11.4 Å². The van der Waals surface area contributed by atoms with Gasteiger partial charge in [0.15, 0.2) is 5.78 Å². The van der Waals surface area contributed by atoms with E-state index in [2.05, 4.69) is 10.3 Å². The number of benzene rings is 2. The number of hydrogen-bond donors (Lipinski definition) is 1. The lowest BCUT2D eigenvalue weighted by molar-refractivity contribution is 0.104. The molecule has 0 aromatic heterocycles. The van der Waals surface area contributed by atoms with Crippen LogP contribution >= 0.6 is 0 Å². The first kappa shape index (κ1) is 14.6. The van der Waals surface area contributed by atoms with Crippen LogP contribution in [0.3, 0.4) is 0 Å². The van der Waals surface area contributed by atoms with Gasteiger partial charge in [0.2, 0.25) is 0 Å². The van der Waals surface area contributed by atoms with Crippen LogP contribution < -0.4 is 5.32 Å². The smallest absolute Gasteiger partial charge is 0.197 e. The molecule has 4 rings (SSSR count). The van der Waals surface area contributed by atoms with E-state index in [-0.39, 0.29) is 11.6 Å². The van der Waals surface area contributed by atoms with E-state index in [4.69, 9.17) is 0 Å². The minimum absolute atomic E-state index is 0.0319. The third-order valence-corrected chi connectivity index (χ3v) is 4.18. The zero-order chi connectivity index (χ0) is 16.5. The quantitative estimate of drug-likeness (QED) is 0.926. The Morgan fingerprint density at radius 2 is 1.88 bits per heavy atom. The Kier molecular flexibility index (Phi) is 3.58. The summed E-state index contributed by atoms with van der Waals surface area (Å²) in [4.78, 5) is 17.1. The molecule has 3 nitrogen and oxygen atoms in total. The maximum atomic E-state index is 12.9. The summed E-state index contributed by atoms with van der Waals surface area (Å²) in [6, 6.07) is 13.8. The zero-order valence-electron chi connectivity index (χ0n) is 12.9. The minimum atomic E-state index is -0.239. The van der Waals surface area contributed by atoms with Gasteiger partial charge in [0.25, 0.3) is 0 Å². The topological polar surface area (TPSA) is 41.5 Å². The van der Waals surface area contributed by atoms with Crippen molar-refractivity contribution in [2.75, 3.05) is 0 Å². The lowest BCUT2D eigenvalue weighted by Gasteiger charge is -2.21. The first-order valence-electron chi connectivity index (χ1n) is 7.82. The Hall–Kier alpha value is -3.01. The van der Waals surface area contributed by atoms with Crippen LogP contribution in [0.1, 0.15) is 22.3 Å². The van der Waals surface area contributed by atoms with Crippen molar-refractivity contribution >= 4 is 17.2 Å². The number of nitrogens with zero attached hydrogens (tertiary/aromatic N) is 1. The van der Waals surface area contributed by atoms with Crippen LogP contribution in [0.15, 0.2) is 76.9 Å². The fraction of sp³-hybridized carbons (Fsp3) is 0.100. The molecular formula is C20H15FN2O. The summed E-state index contributed by atoms with van der Waals surface area (Å²) < 4.78 is 12.9. The summed E-state index contributed by atoms with van der Waals surface area (Å²) in [7, 11) is 0. The number of carbonyl (C=O) groups is 1. The predicted molar refractivity (Wildman–Crippen MR) is 91.9 cm³/mol. The Balaban J connectivity index is 1.56. The number of allylic oxidation sites excluding steroid dienone is 3. The van der Waals surface area contributed by atoms with Crippen LogP contribution in [0.4, 0.5) is 10.1 Å². The van der Waals surface area contributed by atoms with Crippen LogP contribution in [0, 0.1) is 5.82 Å². The van der Waals surface area contributed by atoms with Crippen molar-refractivity contribution in [2.45, 2.75) is 13.0 Å². The highest BCUT2D eigenvalue weighted by molar-refractivity contribution is 6.35. The molecule has 0 amide bonds. The molecule has 4 heteroatoms. The van der Waals surface area contributed by atoms with E-state index in [1.165, 1.54) is 12.1 Å². The maximum absolute atomic E-state index is 12.9. The number of halogens is 1. The van der Waals surface area contributed by atoms with Crippen molar-refractivity contribution in [1.29, 1.82) is 0 Å². The molecule has 0 spiro atoms. The minimum Gasteiger partial charge on any atom is -0.384 e. The molecule has 0 atom stereocenters. The fourth-order valence-electron chi connectivity index (χ4n) is 2.90. The average Bonchev–Trinajstić information content (AvgIpc) is 2.61. The van der Waals surface area contributed by atoms with Gasteiger partial charge in [-0.1, -0.05) is 30.3 Å². The van der Waals surface area contributed by atoms with Gasteiger partial charge in [0, 0.05) is 29.8 Å². The van der Waals surface area contributed by atoms with Crippen LogP contribution in [-0.2, 0) is 6.54 Å². The Morgan fingerprint density at radius 1 is 1.08 bits per heavy atom. The van der Waals surface area contributed by atoms with Crippen LogP contribution in [0.2, 0.25) is 0 Å². The van der Waals surface area contributed by atoms with Gasteiger partial charge in [0.1, 0.15) is 5.82 Å². The van der Waals surface area contributed by atoms with Crippen LogP contribution in [0.5, 0.6) is 0 Å². The van der Waals surface area contributed by atoms with Gasteiger partial charge in [-0.05, 0) is 35.9 Å². The van der Waals surface area contributed by atoms with E-state index in [9.17, 15) is 9.18 Å². The van der Waals surface area contributed by atoms with Crippen molar-refractivity contribution in [3.8, 4) is 0 Å². The van der Waals surface area contributed by atoms with E-state index in [1.807, 2.05) is 36.4 Å². The summed E-state index contributed by atoms with van der Waals surface area (Å²) in [6.45, 7) is 0.604. The number of aliphatic imine (C=N–C) groups is 1. The fourth-order valence-corrected chi connectivity index (χ4v) is 2.90. The third-order valence-electron chi connectivity index (χ3n) is 4.18. The van der Waals surface area contributed by atoms with E-state index in [0.29, 0.717) is 35.5 Å². The van der Waals surface area contributed by atoms with Crippen molar-refractivity contribution in [3.05, 3.63) is 88.9 Å². The van der Waals surface area contributed by atoms with Gasteiger partial charge in [-0.2, -0.15) is 0 Å². The molecule has 0 saturated heterocycles. The first-order valence-corrected chi connectivity index (χ1v) is 7.82. The number of nitrogens with one attached hydrogen (secondary N) is 1. The summed E-state index contributed by atoms with van der Waals surface area (Å²) in [5.74, 6) is -0.207. The molecule has 0 fully saturated rings. The van der Waals surface area contributed by atoms with Crippen LogP contribution in [-0.4, -0.2) is 11.5 Å². The molecule has 2 aromatic carbocycles. The van der Waals surface area contributed by atoms with Gasteiger partial charge < -0.3 is 5.32 Å². The van der Waals surface area contributed by atoms with Gasteiger partial charge in [-0.15, -0.1) is 0 Å². The molecule has 2 aliphatic rings. The number of fused-ring (bicyclic) bond motifs is 2. The molecule has 2 aromatic rings. The molecule has 1 aliphatic heterocycles. The monoisotopic (exact) mass is 318 g/mol. The second-order valence-corrected chi connectivity index (χ2v) is 5.81. The summed E-state index contributed by atoms with van der Waals surface area (Å²) in [5, 5.41) is 3.33. The normalized spacial score (nSPS) is 15.7. The number of carbonyl (C=O) groups excluding carboxylic acids is 1. The predicted octanol–water partition coefficient (Wildman–Crippen LogP) is 4.10. The number of rotatable bonds is 3. The van der Waals surface area contributed by atoms with Gasteiger partial charge in [-0.3, -0.25) is 4.79 Å². The zero-order valence-corrected chi connectivity index (χ0v) is 12.9. The van der Waals surface area contributed by atoms with Crippen molar-refractivity contribution in [2.24, 2.45) is 4.99 Å². The Labute approximate surface area is 139 Å². The van der Waals surface area contributed by atoms with E-state index >= 15 is 0 Å². The SMILES string of the molecule is O=C1C2=CCC(NCc3ccc(F)cc3)=CC2=Nc2ccccc21. The Bertz CT molecular complexity index is 907. The number of Topliss-reactive ketones (excluding diaryl/α,β-unsaturated/α-hetero) is 1. The van der Waals surface area contributed by atoms with E-state index in [1.54, 1.807) is 12.1 Å². The number of hydrogen-bond acceptors (Lipinski definition) is 3. The van der Waals surface area contributed by atoms with Crippen molar-refractivity contribution < 1.29 is 9.18 Å². The van der Waals surface area contributed by atoms with Gasteiger partial charge >= 0.3 is 0 Å². The average molecular weight is 318 g/mol. The first-order chi connectivity index (χ1) is 11.7. The van der Waals surface area contributed by atoms with Crippen molar-refractivity contribution in [3.63, 3.8) is 0 Å². The molecule has 0 radical (unpaired) electrons. The van der Waals surface area contributed by atoms with Crippen molar-refractivity contribution in [1.82, 2.24) is 5.32 Å². The van der Waals surface area contributed by atoms with Crippen LogP contribution in [0.25, 0.3) is 0 Å². The highest BCUT2D eigenvalue weighted by Gasteiger charge is 2.26.